The number of nitrogens with two attached hydrogens (primary N) is 1. The van der Waals surface area contributed by atoms with Crippen LogP contribution in [0.15, 0.2) is 24.4 Å². The van der Waals surface area contributed by atoms with Crippen molar-refractivity contribution in [2.75, 3.05) is 0 Å². The number of fused-ring (bicyclic) bond motifs is 1. The number of non-ortho nitro benzene ring substituents is 1. The molecule has 0 bridgehead atoms. The molecule has 84 valence electrons. The summed E-state index contributed by atoms with van der Waals surface area (Å²) in [5.74, 6) is 0. The molecule has 0 saturated heterocycles. The number of rotatable bonds is 3. The van der Waals surface area contributed by atoms with Crippen molar-refractivity contribution in [3.8, 4) is 0 Å². The number of benzene rings is 1. The maximum absolute atomic E-state index is 10.8. The molecule has 0 spiro atoms. The molecule has 0 aliphatic carbocycles. The predicted octanol–water partition coefficient (Wildman–Crippen LogP) is 2.49. The van der Waals surface area contributed by atoms with Crippen molar-refractivity contribution in [3.05, 3.63) is 40.1 Å². The molecule has 1 aromatic heterocycles. The maximum atomic E-state index is 10.8. The molecule has 0 aliphatic rings. The summed E-state index contributed by atoms with van der Waals surface area (Å²) >= 11 is 0. The number of nitro groups is 1. The second-order valence-corrected chi connectivity index (χ2v) is 3.72. The zero-order valence-corrected chi connectivity index (χ0v) is 8.93. The van der Waals surface area contributed by atoms with Gasteiger partial charge in [0, 0.05) is 23.7 Å². The molecule has 16 heavy (non-hydrogen) atoms. The summed E-state index contributed by atoms with van der Waals surface area (Å²) in [4.78, 5) is 13.4. The molecule has 0 saturated carbocycles. The molecule has 0 radical (unpaired) electrons. The molecule has 2 rings (SSSR count). The van der Waals surface area contributed by atoms with Crippen LogP contribution in [-0.2, 0) is 0 Å². The lowest BCUT2D eigenvalue weighted by molar-refractivity contribution is -0.383. The molecule has 5 nitrogen and oxygen atoms in total. The number of hydrogen-bond donors (Lipinski definition) is 2. The quantitative estimate of drug-likeness (QED) is 0.614. The number of aromatic nitrogens is 1. The van der Waals surface area contributed by atoms with Crippen molar-refractivity contribution in [1.29, 1.82) is 0 Å². The highest BCUT2D eigenvalue weighted by Crippen LogP contribution is 2.30. The Kier molecular flexibility index (Phi) is 2.62. The lowest BCUT2D eigenvalue weighted by Crippen LogP contribution is -2.07. The van der Waals surface area contributed by atoms with Gasteiger partial charge in [0.15, 0.2) is 0 Å². The first kappa shape index (κ1) is 10.6. The van der Waals surface area contributed by atoms with E-state index in [1.54, 1.807) is 12.3 Å². The average molecular weight is 219 g/mol. The van der Waals surface area contributed by atoms with E-state index in [0.717, 1.165) is 17.4 Å². The minimum absolute atomic E-state index is 0.0873. The van der Waals surface area contributed by atoms with E-state index in [-0.39, 0.29) is 16.7 Å². The highest BCUT2D eigenvalue weighted by Gasteiger charge is 2.17. The molecule has 0 aliphatic heterocycles. The van der Waals surface area contributed by atoms with Crippen molar-refractivity contribution >= 4 is 16.6 Å². The second-order valence-electron chi connectivity index (χ2n) is 3.72. The molecule has 1 atom stereocenters. The Morgan fingerprint density at radius 3 is 2.94 bits per heavy atom. The number of hydrogen-bond acceptors (Lipinski definition) is 3. The molecule has 2 aromatic rings. The SMILES string of the molecule is CC[C@@H](N)c1c[nH]c2c([N+](=O)[O-])cccc12. The molecule has 0 fully saturated rings. The van der Waals surface area contributed by atoms with Gasteiger partial charge in [0.25, 0.3) is 5.69 Å². The molecule has 3 N–H and O–H groups in total. The average Bonchev–Trinajstić information content (AvgIpc) is 2.71. The summed E-state index contributed by atoms with van der Waals surface area (Å²) in [6.45, 7) is 1.99. The Morgan fingerprint density at radius 2 is 2.31 bits per heavy atom. The van der Waals surface area contributed by atoms with E-state index < -0.39 is 0 Å². The zero-order chi connectivity index (χ0) is 11.7. The van der Waals surface area contributed by atoms with Gasteiger partial charge >= 0.3 is 0 Å². The van der Waals surface area contributed by atoms with Crippen LogP contribution in [-0.4, -0.2) is 9.91 Å². The van der Waals surface area contributed by atoms with E-state index >= 15 is 0 Å². The Morgan fingerprint density at radius 1 is 1.56 bits per heavy atom. The first-order chi connectivity index (χ1) is 7.65. The van der Waals surface area contributed by atoms with Gasteiger partial charge in [-0.05, 0) is 12.0 Å². The van der Waals surface area contributed by atoms with Crippen LogP contribution in [0, 0.1) is 10.1 Å². The van der Waals surface area contributed by atoms with Crippen molar-refractivity contribution in [3.63, 3.8) is 0 Å². The molecule has 5 heteroatoms. The van der Waals surface area contributed by atoms with Gasteiger partial charge < -0.3 is 10.7 Å². The fourth-order valence-corrected chi connectivity index (χ4v) is 1.84. The second kappa shape index (κ2) is 3.94. The zero-order valence-electron chi connectivity index (χ0n) is 8.93. The first-order valence-electron chi connectivity index (χ1n) is 5.15. The van der Waals surface area contributed by atoms with Crippen LogP contribution in [0.3, 0.4) is 0 Å². The topological polar surface area (TPSA) is 85.0 Å². The summed E-state index contributed by atoms with van der Waals surface area (Å²) in [6, 6.07) is 4.93. The van der Waals surface area contributed by atoms with E-state index in [9.17, 15) is 10.1 Å². The Bertz CT molecular complexity index is 533. The van der Waals surface area contributed by atoms with Crippen molar-refractivity contribution in [2.24, 2.45) is 5.73 Å². The molecule has 1 aromatic carbocycles. The van der Waals surface area contributed by atoms with E-state index in [1.165, 1.54) is 6.07 Å². The summed E-state index contributed by atoms with van der Waals surface area (Å²) in [5, 5.41) is 11.7. The lowest BCUT2D eigenvalue weighted by Gasteiger charge is -2.06. The van der Waals surface area contributed by atoms with Crippen LogP contribution in [0.1, 0.15) is 24.9 Å². The summed E-state index contributed by atoms with van der Waals surface area (Å²) in [5.41, 5.74) is 7.51. The predicted molar refractivity (Wildman–Crippen MR) is 62.2 cm³/mol. The van der Waals surface area contributed by atoms with E-state index in [2.05, 4.69) is 4.98 Å². The monoisotopic (exact) mass is 219 g/mol. The molecule has 1 heterocycles. The maximum Gasteiger partial charge on any atom is 0.293 e. The van der Waals surface area contributed by atoms with Crippen LogP contribution < -0.4 is 5.73 Å². The fourth-order valence-electron chi connectivity index (χ4n) is 1.84. The normalized spacial score (nSPS) is 12.9. The van der Waals surface area contributed by atoms with Gasteiger partial charge in [-0.25, -0.2) is 0 Å². The van der Waals surface area contributed by atoms with Crippen molar-refractivity contribution in [2.45, 2.75) is 19.4 Å². The molecular weight excluding hydrogens is 206 g/mol. The highest BCUT2D eigenvalue weighted by molar-refractivity contribution is 5.90. The lowest BCUT2D eigenvalue weighted by atomic mass is 10.0. The highest BCUT2D eigenvalue weighted by atomic mass is 16.6. The van der Waals surface area contributed by atoms with Gasteiger partial charge in [-0.1, -0.05) is 19.1 Å². The van der Waals surface area contributed by atoms with Crippen molar-refractivity contribution in [1.82, 2.24) is 4.98 Å². The largest absolute Gasteiger partial charge is 0.355 e. The van der Waals surface area contributed by atoms with E-state index in [4.69, 9.17) is 5.73 Å². The number of nitro benzene ring substituents is 1. The minimum Gasteiger partial charge on any atom is -0.355 e. The summed E-state index contributed by atoms with van der Waals surface area (Å²) in [6.07, 6.45) is 2.56. The summed E-state index contributed by atoms with van der Waals surface area (Å²) < 4.78 is 0. The first-order valence-corrected chi connectivity index (χ1v) is 5.15. The van der Waals surface area contributed by atoms with Crippen LogP contribution in [0.5, 0.6) is 0 Å². The van der Waals surface area contributed by atoms with E-state index in [1.807, 2.05) is 13.0 Å². The third-order valence-electron chi connectivity index (χ3n) is 2.76. The van der Waals surface area contributed by atoms with Gasteiger partial charge in [0.1, 0.15) is 5.52 Å². The van der Waals surface area contributed by atoms with Crippen LogP contribution in [0.4, 0.5) is 5.69 Å². The third-order valence-corrected chi connectivity index (χ3v) is 2.76. The van der Waals surface area contributed by atoms with E-state index in [0.29, 0.717) is 5.52 Å². The van der Waals surface area contributed by atoms with Gasteiger partial charge in [-0.2, -0.15) is 0 Å². The van der Waals surface area contributed by atoms with Crippen LogP contribution >= 0.6 is 0 Å². The Labute approximate surface area is 92.4 Å². The van der Waals surface area contributed by atoms with Gasteiger partial charge in [0.05, 0.1) is 4.92 Å². The minimum atomic E-state index is -0.389. The standard InChI is InChI=1S/C11H13N3O2/c1-2-9(12)8-6-13-11-7(8)4-3-5-10(11)14(15)16/h3-6,9,13H,2,12H2,1H3/t9-/m1/s1. The third kappa shape index (κ3) is 1.55. The van der Waals surface area contributed by atoms with Crippen LogP contribution in [0.25, 0.3) is 10.9 Å². The molecular formula is C11H13N3O2. The van der Waals surface area contributed by atoms with Crippen molar-refractivity contribution < 1.29 is 4.92 Å². The Hall–Kier alpha value is -1.88. The molecule has 0 amide bonds. The summed E-state index contributed by atoms with van der Waals surface area (Å²) in [7, 11) is 0. The van der Waals surface area contributed by atoms with Gasteiger partial charge in [-0.15, -0.1) is 0 Å². The Balaban J connectivity index is 2.66. The number of aromatic amines is 1. The number of H-pyrrole nitrogens is 1. The van der Waals surface area contributed by atoms with Gasteiger partial charge in [-0.3, -0.25) is 10.1 Å². The van der Waals surface area contributed by atoms with Gasteiger partial charge in [0.2, 0.25) is 0 Å². The number of para-hydroxylation sites is 1. The fraction of sp³-hybridized carbons (Fsp3) is 0.273. The molecule has 0 unspecified atom stereocenters. The number of nitrogens with zero attached hydrogens (tertiary/aromatic N) is 1. The smallest absolute Gasteiger partial charge is 0.293 e. The van der Waals surface area contributed by atoms with Crippen LogP contribution in [0.2, 0.25) is 0 Å². The number of nitrogens with one attached hydrogen (secondary N) is 1.